The second-order valence-electron chi connectivity index (χ2n) is 5.62. The van der Waals surface area contributed by atoms with Gasteiger partial charge in [-0.25, -0.2) is 0 Å². The first-order valence-corrected chi connectivity index (χ1v) is 7.92. The van der Waals surface area contributed by atoms with E-state index in [4.69, 9.17) is 0 Å². The van der Waals surface area contributed by atoms with Crippen molar-refractivity contribution in [2.45, 2.75) is 12.5 Å². The summed E-state index contributed by atoms with van der Waals surface area (Å²) in [5.74, 6) is -0.0700. The zero-order valence-corrected chi connectivity index (χ0v) is 13.2. The van der Waals surface area contributed by atoms with Crippen LogP contribution in [0.3, 0.4) is 0 Å². The van der Waals surface area contributed by atoms with E-state index in [0.29, 0.717) is 5.56 Å². The van der Waals surface area contributed by atoms with Gasteiger partial charge in [0.05, 0.1) is 11.6 Å². The summed E-state index contributed by atoms with van der Waals surface area (Å²) in [6.45, 7) is 0. The van der Waals surface area contributed by atoms with Crippen LogP contribution in [0, 0.1) is 0 Å². The molecule has 3 rings (SSSR count). The van der Waals surface area contributed by atoms with Crippen molar-refractivity contribution in [3.05, 3.63) is 96.1 Å². The van der Waals surface area contributed by atoms with Crippen molar-refractivity contribution in [1.29, 1.82) is 0 Å². The molecule has 0 saturated carbocycles. The van der Waals surface area contributed by atoms with Crippen LogP contribution in [-0.4, -0.2) is 10.9 Å². The molecule has 0 heterocycles. The first-order valence-electron chi connectivity index (χ1n) is 7.92. The molecule has 3 nitrogen and oxygen atoms in total. The first kappa shape index (κ1) is 15.8. The van der Waals surface area contributed by atoms with E-state index in [-0.39, 0.29) is 24.0 Å². The quantitative estimate of drug-likeness (QED) is 0.641. The topological polar surface area (TPSA) is 49.3 Å². The fourth-order valence-corrected chi connectivity index (χ4v) is 2.68. The van der Waals surface area contributed by atoms with Crippen molar-refractivity contribution in [3.63, 3.8) is 0 Å². The number of anilines is 1. The Morgan fingerprint density at radius 1 is 0.833 bits per heavy atom. The highest BCUT2D eigenvalue weighted by molar-refractivity contribution is 5.99. The van der Waals surface area contributed by atoms with Gasteiger partial charge in [0, 0.05) is 12.1 Å². The molecule has 0 fully saturated rings. The number of ketones is 1. The molecule has 0 amide bonds. The highest BCUT2D eigenvalue weighted by Gasteiger charge is 2.19. The van der Waals surface area contributed by atoms with Crippen LogP contribution >= 0.6 is 0 Å². The zero-order chi connectivity index (χ0) is 16.8. The molecule has 3 aromatic rings. The van der Waals surface area contributed by atoms with Crippen molar-refractivity contribution in [1.82, 2.24) is 0 Å². The number of hydrogen-bond donors (Lipinski definition) is 2. The molecule has 1 atom stereocenters. The molecule has 2 N–H and O–H groups in total. The maximum absolute atomic E-state index is 12.6. The van der Waals surface area contributed by atoms with Crippen molar-refractivity contribution < 1.29 is 9.90 Å². The number of aromatic hydroxyl groups is 1. The van der Waals surface area contributed by atoms with Crippen LogP contribution in [0.25, 0.3) is 0 Å². The number of hydrogen-bond acceptors (Lipinski definition) is 3. The number of nitrogens with one attached hydrogen (secondary N) is 1. The maximum Gasteiger partial charge on any atom is 0.168 e. The standard InChI is InChI=1S/C21H19NO2/c23-20-14-8-7-13-18(20)21(24)15-19(16-9-3-1-4-10-16)22-17-11-5-2-6-12-17/h1-14,19,22-23H,15H2. The van der Waals surface area contributed by atoms with Crippen molar-refractivity contribution >= 4 is 11.5 Å². The fourth-order valence-electron chi connectivity index (χ4n) is 2.68. The summed E-state index contributed by atoms with van der Waals surface area (Å²) in [4.78, 5) is 12.6. The number of carbonyl (C=O) groups is 1. The molecule has 3 heteroatoms. The number of phenols is 1. The minimum absolute atomic E-state index is 0.0222. The molecule has 3 aromatic carbocycles. The van der Waals surface area contributed by atoms with Crippen LogP contribution in [0.1, 0.15) is 28.4 Å². The number of carbonyl (C=O) groups excluding carboxylic acids is 1. The molecule has 120 valence electrons. The van der Waals surface area contributed by atoms with Crippen LogP contribution in [-0.2, 0) is 0 Å². The Kier molecular flexibility index (Phi) is 4.92. The first-order chi connectivity index (χ1) is 11.7. The van der Waals surface area contributed by atoms with Gasteiger partial charge in [-0.2, -0.15) is 0 Å². The Bertz CT molecular complexity index is 800. The number of rotatable bonds is 6. The Balaban J connectivity index is 1.85. The van der Waals surface area contributed by atoms with Gasteiger partial charge in [0.15, 0.2) is 5.78 Å². The average molecular weight is 317 g/mol. The molecule has 0 saturated heterocycles. The number of Topliss-reactive ketones (excluding diaryl/α,β-unsaturated/α-hetero) is 1. The summed E-state index contributed by atoms with van der Waals surface area (Å²) in [5.41, 5.74) is 2.34. The van der Waals surface area contributed by atoms with Crippen molar-refractivity contribution in [2.24, 2.45) is 0 Å². The summed E-state index contributed by atoms with van der Waals surface area (Å²) < 4.78 is 0. The fraction of sp³-hybridized carbons (Fsp3) is 0.0952. The third kappa shape index (κ3) is 3.82. The number of phenolic OH excluding ortho intramolecular Hbond substituents is 1. The minimum Gasteiger partial charge on any atom is -0.507 e. The van der Waals surface area contributed by atoms with Gasteiger partial charge in [0.25, 0.3) is 0 Å². The Morgan fingerprint density at radius 3 is 2.08 bits per heavy atom. The van der Waals surface area contributed by atoms with Gasteiger partial charge >= 0.3 is 0 Å². The number of benzene rings is 3. The van der Waals surface area contributed by atoms with Gasteiger partial charge in [-0.3, -0.25) is 4.79 Å². The van der Waals surface area contributed by atoms with Gasteiger partial charge in [-0.15, -0.1) is 0 Å². The highest BCUT2D eigenvalue weighted by atomic mass is 16.3. The number of para-hydroxylation sites is 2. The SMILES string of the molecule is O=C(CC(Nc1ccccc1)c1ccccc1)c1ccccc1O. The van der Waals surface area contributed by atoms with Gasteiger partial charge in [-0.1, -0.05) is 60.7 Å². The van der Waals surface area contributed by atoms with Gasteiger partial charge in [-0.05, 0) is 29.8 Å². The van der Waals surface area contributed by atoms with Crippen LogP contribution in [0.2, 0.25) is 0 Å². The third-order valence-electron chi connectivity index (χ3n) is 3.91. The monoisotopic (exact) mass is 317 g/mol. The summed E-state index contributed by atoms with van der Waals surface area (Å²) in [6.07, 6.45) is 0.260. The van der Waals surface area contributed by atoms with E-state index in [1.807, 2.05) is 60.7 Å². The molecule has 0 aliphatic rings. The average Bonchev–Trinajstić information content (AvgIpc) is 2.63. The lowest BCUT2D eigenvalue weighted by molar-refractivity contribution is 0.0974. The third-order valence-corrected chi connectivity index (χ3v) is 3.91. The Hall–Kier alpha value is -3.07. The van der Waals surface area contributed by atoms with E-state index in [1.165, 1.54) is 6.07 Å². The zero-order valence-electron chi connectivity index (χ0n) is 13.2. The van der Waals surface area contributed by atoms with Crippen molar-refractivity contribution in [2.75, 3.05) is 5.32 Å². The minimum atomic E-state index is -0.166. The van der Waals surface area contributed by atoms with E-state index in [1.54, 1.807) is 18.2 Å². The molecular formula is C21H19NO2. The predicted molar refractivity (Wildman–Crippen MR) is 96.3 cm³/mol. The Labute approximate surface area is 141 Å². The molecule has 0 aliphatic carbocycles. The molecule has 1 unspecified atom stereocenters. The molecular weight excluding hydrogens is 298 g/mol. The summed E-state index contributed by atoms with van der Waals surface area (Å²) >= 11 is 0. The van der Waals surface area contributed by atoms with E-state index < -0.39 is 0 Å². The van der Waals surface area contributed by atoms with Crippen LogP contribution in [0.15, 0.2) is 84.9 Å². The molecule has 0 aromatic heterocycles. The van der Waals surface area contributed by atoms with Gasteiger partial charge in [0.2, 0.25) is 0 Å². The van der Waals surface area contributed by atoms with E-state index in [2.05, 4.69) is 5.32 Å². The lowest BCUT2D eigenvalue weighted by Gasteiger charge is -2.20. The second kappa shape index (κ2) is 7.47. The molecule has 0 bridgehead atoms. The second-order valence-corrected chi connectivity index (χ2v) is 5.62. The summed E-state index contributed by atoms with van der Waals surface area (Å²) in [5, 5.41) is 13.3. The van der Waals surface area contributed by atoms with Crippen LogP contribution in [0.4, 0.5) is 5.69 Å². The summed E-state index contributed by atoms with van der Waals surface area (Å²) in [7, 11) is 0. The molecule has 0 aliphatic heterocycles. The van der Waals surface area contributed by atoms with E-state index in [0.717, 1.165) is 11.3 Å². The lowest BCUT2D eigenvalue weighted by atomic mass is 9.97. The largest absolute Gasteiger partial charge is 0.507 e. The highest BCUT2D eigenvalue weighted by Crippen LogP contribution is 2.26. The van der Waals surface area contributed by atoms with E-state index >= 15 is 0 Å². The lowest BCUT2D eigenvalue weighted by Crippen LogP contribution is -2.15. The van der Waals surface area contributed by atoms with E-state index in [9.17, 15) is 9.90 Å². The van der Waals surface area contributed by atoms with Gasteiger partial charge < -0.3 is 10.4 Å². The molecule has 0 spiro atoms. The predicted octanol–water partition coefficient (Wildman–Crippen LogP) is 4.82. The molecule has 24 heavy (non-hydrogen) atoms. The van der Waals surface area contributed by atoms with Gasteiger partial charge in [0.1, 0.15) is 5.75 Å². The van der Waals surface area contributed by atoms with Crippen LogP contribution < -0.4 is 5.32 Å². The normalized spacial score (nSPS) is 11.7. The summed E-state index contributed by atoms with van der Waals surface area (Å²) in [6, 6.07) is 26.2. The van der Waals surface area contributed by atoms with Crippen molar-refractivity contribution in [3.8, 4) is 5.75 Å². The maximum atomic E-state index is 12.6. The smallest absolute Gasteiger partial charge is 0.168 e. The van der Waals surface area contributed by atoms with Crippen LogP contribution in [0.5, 0.6) is 5.75 Å². The Morgan fingerprint density at radius 2 is 1.42 bits per heavy atom. The molecule has 0 radical (unpaired) electrons.